The van der Waals surface area contributed by atoms with E-state index >= 15 is 0 Å². The van der Waals surface area contributed by atoms with E-state index in [1.54, 1.807) is 57.8 Å². The maximum absolute atomic E-state index is 12.0. The van der Waals surface area contributed by atoms with Crippen molar-refractivity contribution in [3.8, 4) is 11.5 Å². The molecule has 3 N–H and O–H groups in total. The minimum absolute atomic E-state index is 0.284. The largest absolute Gasteiger partial charge is 0.497 e. The minimum Gasteiger partial charge on any atom is -0.497 e. The highest BCUT2D eigenvalue weighted by Gasteiger charge is 2.12. The van der Waals surface area contributed by atoms with Crippen LogP contribution in [0.1, 0.15) is 10.4 Å². The summed E-state index contributed by atoms with van der Waals surface area (Å²) < 4.78 is 10.4. The predicted molar refractivity (Wildman–Crippen MR) is 83.6 cm³/mol. The highest BCUT2D eigenvalue weighted by Crippen LogP contribution is 2.28. The van der Waals surface area contributed by atoms with Crippen molar-refractivity contribution in [2.75, 3.05) is 26.6 Å². The summed E-state index contributed by atoms with van der Waals surface area (Å²) in [4.78, 5) is 16.2. The molecule has 1 aromatic carbocycles. The molecular formula is C15H18N4O3. The Morgan fingerprint density at radius 3 is 2.41 bits per heavy atom. The van der Waals surface area contributed by atoms with Crippen molar-refractivity contribution in [2.45, 2.75) is 0 Å². The molecule has 0 saturated heterocycles. The summed E-state index contributed by atoms with van der Waals surface area (Å²) in [5.74, 6) is 1.43. The van der Waals surface area contributed by atoms with E-state index < -0.39 is 0 Å². The lowest BCUT2D eigenvalue weighted by Gasteiger charge is -2.13. The van der Waals surface area contributed by atoms with Crippen molar-refractivity contribution in [3.05, 3.63) is 42.1 Å². The Kier molecular flexibility index (Phi) is 5.16. The topological polar surface area (TPSA) is 84.5 Å². The van der Waals surface area contributed by atoms with E-state index in [-0.39, 0.29) is 5.91 Å². The summed E-state index contributed by atoms with van der Waals surface area (Å²) in [6, 6.07) is 8.72. The minimum atomic E-state index is -0.284. The van der Waals surface area contributed by atoms with Crippen LogP contribution >= 0.6 is 0 Å². The Balaban J connectivity index is 2.33. The Morgan fingerprint density at radius 2 is 1.82 bits per heavy atom. The summed E-state index contributed by atoms with van der Waals surface area (Å²) >= 11 is 0. The van der Waals surface area contributed by atoms with Gasteiger partial charge in [0, 0.05) is 37.1 Å². The fourth-order valence-corrected chi connectivity index (χ4v) is 1.89. The van der Waals surface area contributed by atoms with Gasteiger partial charge in [-0.05, 0) is 12.1 Å². The summed E-state index contributed by atoms with van der Waals surface area (Å²) in [6.07, 6.45) is 1.61. The number of rotatable bonds is 6. The van der Waals surface area contributed by atoms with Gasteiger partial charge in [0.25, 0.3) is 5.91 Å². The van der Waals surface area contributed by atoms with Crippen molar-refractivity contribution in [1.82, 2.24) is 15.8 Å². The first-order valence-corrected chi connectivity index (χ1v) is 6.60. The van der Waals surface area contributed by atoms with Crippen molar-refractivity contribution >= 4 is 17.4 Å². The molecule has 0 radical (unpaired) electrons. The maximum Gasteiger partial charge on any atom is 0.269 e. The number of pyridine rings is 1. The second-order valence-electron chi connectivity index (χ2n) is 4.33. The maximum atomic E-state index is 12.0. The van der Waals surface area contributed by atoms with Gasteiger partial charge in [0.15, 0.2) is 0 Å². The lowest BCUT2D eigenvalue weighted by atomic mass is 10.2. The van der Waals surface area contributed by atoms with Gasteiger partial charge in [-0.1, -0.05) is 0 Å². The number of amides is 1. The van der Waals surface area contributed by atoms with Crippen molar-refractivity contribution in [1.29, 1.82) is 0 Å². The molecule has 0 unspecified atom stereocenters. The van der Waals surface area contributed by atoms with Crippen LogP contribution < -0.4 is 25.6 Å². The first-order chi connectivity index (χ1) is 10.7. The van der Waals surface area contributed by atoms with Crippen molar-refractivity contribution in [2.24, 2.45) is 0 Å². The van der Waals surface area contributed by atoms with E-state index in [1.165, 1.54) is 0 Å². The number of ether oxygens (including phenoxy) is 2. The molecule has 0 spiro atoms. The number of nitrogens with one attached hydrogen (secondary N) is 3. The second-order valence-corrected chi connectivity index (χ2v) is 4.33. The number of nitrogens with zero attached hydrogens (tertiary/aromatic N) is 1. The Labute approximate surface area is 128 Å². The molecule has 1 heterocycles. The van der Waals surface area contributed by atoms with Gasteiger partial charge in [-0.2, -0.15) is 0 Å². The molecule has 1 aromatic heterocycles. The fraction of sp³-hybridized carbons (Fsp3) is 0.200. The number of benzene rings is 1. The van der Waals surface area contributed by atoms with Crippen LogP contribution in [0.2, 0.25) is 0 Å². The average Bonchev–Trinajstić information content (AvgIpc) is 2.55. The number of carbonyl (C=O) groups is 1. The van der Waals surface area contributed by atoms with Gasteiger partial charge in [-0.3, -0.25) is 10.2 Å². The molecular weight excluding hydrogens is 284 g/mol. The molecule has 0 bridgehead atoms. The first-order valence-electron chi connectivity index (χ1n) is 6.60. The molecule has 0 fully saturated rings. The lowest BCUT2D eigenvalue weighted by Crippen LogP contribution is -2.34. The van der Waals surface area contributed by atoms with Crippen molar-refractivity contribution < 1.29 is 14.3 Å². The van der Waals surface area contributed by atoms with E-state index in [1.807, 2.05) is 0 Å². The molecule has 7 nitrogen and oxygen atoms in total. The van der Waals surface area contributed by atoms with Crippen LogP contribution in [0, 0.1) is 0 Å². The number of hydrogen-bond acceptors (Lipinski definition) is 6. The van der Waals surface area contributed by atoms with Crippen LogP contribution in [0.5, 0.6) is 11.5 Å². The SMILES string of the molecule is CNNC(=O)c1cccnc1Nc1cc(OC)cc(OC)c1. The van der Waals surface area contributed by atoms with E-state index in [4.69, 9.17) is 9.47 Å². The van der Waals surface area contributed by atoms with Crippen molar-refractivity contribution in [3.63, 3.8) is 0 Å². The predicted octanol–water partition coefficient (Wildman–Crippen LogP) is 1.71. The number of anilines is 2. The standard InChI is InChI=1S/C15H18N4O3/c1-16-19-15(20)13-5-4-6-17-14(13)18-10-7-11(21-2)9-12(8-10)22-3/h4-9,16H,1-3H3,(H,17,18)(H,19,20). The van der Waals surface area contributed by atoms with Crippen LogP contribution in [0.3, 0.4) is 0 Å². The molecule has 0 atom stereocenters. The van der Waals surface area contributed by atoms with Crippen LogP contribution in [0.25, 0.3) is 0 Å². The van der Waals surface area contributed by atoms with E-state index in [0.29, 0.717) is 28.6 Å². The molecule has 22 heavy (non-hydrogen) atoms. The van der Waals surface area contributed by atoms with Gasteiger partial charge in [-0.25, -0.2) is 10.4 Å². The molecule has 2 aromatic rings. The molecule has 0 aliphatic carbocycles. The van der Waals surface area contributed by atoms with E-state index in [2.05, 4.69) is 21.2 Å². The smallest absolute Gasteiger partial charge is 0.269 e. The van der Waals surface area contributed by atoms with Crippen LogP contribution in [-0.4, -0.2) is 32.2 Å². The third-order valence-electron chi connectivity index (χ3n) is 2.91. The first kappa shape index (κ1) is 15.6. The van der Waals surface area contributed by atoms with Gasteiger partial charge in [-0.15, -0.1) is 0 Å². The van der Waals surface area contributed by atoms with Gasteiger partial charge in [0.2, 0.25) is 0 Å². The fourth-order valence-electron chi connectivity index (χ4n) is 1.89. The molecule has 0 aliphatic heterocycles. The zero-order chi connectivity index (χ0) is 15.9. The normalized spacial score (nSPS) is 9.95. The Bertz CT molecular complexity index is 639. The molecule has 7 heteroatoms. The lowest BCUT2D eigenvalue weighted by molar-refractivity contribution is 0.0938. The van der Waals surface area contributed by atoms with Crippen LogP contribution in [0.15, 0.2) is 36.5 Å². The van der Waals surface area contributed by atoms with Crippen LogP contribution in [-0.2, 0) is 0 Å². The monoisotopic (exact) mass is 302 g/mol. The number of hydrazine groups is 1. The highest BCUT2D eigenvalue weighted by atomic mass is 16.5. The summed E-state index contributed by atoms with van der Waals surface area (Å²) in [5, 5.41) is 3.10. The number of methoxy groups -OCH3 is 2. The number of hydrogen-bond donors (Lipinski definition) is 3. The second kappa shape index (κ2) is 7.28. The van der Waals surface area contributed by atoms with E-state index in [0.717, 1.165) is 0 Å². The third-order valence-corrected chi connectivity index (χ3v) is 2.91. The third kappa shape index (κ3) is 3.64. The zero-order valence-corrected chi connectivity index (χ0v) is 12.6. The Morgan fingerprint density at radius 1 is 1.14 bits per heavy atom. The Hall–Kier alpha value is -2.80. The number of aromatic nitrogens is 1. The zero-order valence-electron chi connectivity index (χ0n) is 12.6. The number of carbonyl (C=O) groups excluding carboxylic acids is 1. The van der Waals surface area contributed by atoms with Gasteiger partial charge in [0.05, 0.1) is 19.8 Å². The quantitative estimate of drug-likeness (QED) is 0.704. The van der Waals surface area contributed by atoms with E-state index in [9.17, 15) is 4.79 Å². The van der Waals surface area contributed by atoms with Gasteiger partial charge < -0.3 is 14.8 Å². The molecule has 0 saturated carbocycles. The summed E-state index contributed by atoms with van der Waals surface area (Å²) in [6.45, 7) is 0. The summed E-state index contributed by atoms with van der Waals surface area (Å²) in [7, 11) is 4.77. The highest BCUT2D eigenvalue weighted by molar-refractivity contribution is 5.99. The molecule has 2 rings (SSSR count). The molecule has 1 amide bonds. The van der Waals surface area contributed by atoms with Crippen LogP contribution in [0.4, 0.5) is 11.5 Å². The molecule has 116 valence electrons. The molecule has 0 aliphatic rings. The average molecular weight is 302 g/mol. The van der Waals surface area contributed by atoms with Gasteiger partial charge in [0.1, 0.15) is 17.3 Å². The van der Waals surface area contributed by atoms with Gasteiger partial charge >= 0.3 is 0 Å². The summed E-state index contributed by atoms with van der Waals surface area (Å²) in [5.41, 5.74) is 6.23.